The van der Waals surface area contributed by atoms with Gasteiger partial charge in [0.05, 0.1) is 56.5 Å². The van der Waals surface area contributed by atoms with Crippen molar-refractivity contribution in [3.05, 3.63) is 66.7 Å². The van der Waals surface area contributed by atoms with Crippen molar-refractivity contribution in [2.24, 2.45) is 20.5 Å². The van der Waals surface area contributed by atoms with E-state index in [0.29, 0.717) is 6.07 Å². The summed E-state index contributed by atoms with van der Waals surface area (Å²) in [5.74, 6) is -4.01. The van der Waals surface area contributed by atoms with E-state index in [0.717, 1.165) is 60.7 Å². The summed E-state index contributed by atoms with van der Waals surface area (Å²) in [4.78, 5) is -1.93. The normalized spacial score (nSPS) is 12.6. The zero-order chi connectivity index (χ0) is 42.6. The van der Waals surface area contributed by atoms with Crippen LogP contribution in [0.15, 0.2) is 102 Å². The Labute approximate surface area is 437 Å². The summed E-state index contributed by atoms with van der Waals surface area (Å²) < 4.78 is 193. The molecule has 0 aliphatic heterocycles. The molecule has 0 aromatic heterocycles. The molecule has 0 saturated heterocycles. The van der Waals surface area contributed by atoms with Crippen LogP contribution in [0.1, 0.15) is 0 Å². The van der Waals surface area contributed by atoms with Gasteiger partial charge in [0.2, 0.25) is 20.8 Å². The summed E-state index contributed by atoms with van der Waals surface area (Å²) in [7, 11) is -29.1. The number of nitrogens with zero attached hydrogens (tertiary/aromatic N) is 4. The smallest absolute Gasteiger partial charge is 0.747 e. The molecule has 0 aliphatic rings. The fraction of sp³-hybridized carbons (Fsp3) is 0.185. The molecule has 0 unspecified atom stereocenters. The molecular weight excluding hydrogens is 983 g/mol. The van der Waals surface area contributed by atoms with Crippen LogP contribution in [0, 0.1) is 0 Å². The van der Waals surface area contributed by atoms with Crippen LogP contribution in [0.25, 0.3) is 10.8 Å². The average molecular weight is 1010 g/mol. The molecule has 0 saturated carbocycles. The summed E-state index contributed by atoms with van der Waals surface area (Å²) >= 11 is 0. The molecule has 0 radical (unpaired) electrons. The van der Waals surface area contributed by atoms with Gasteiger partial charge in [-0.3, -0.25) is 8.37 Å². The third-order valence-electron chi connectivity index (χ3n) is 7.00. The number of nitrogens with one attached hydrogen (secondary N) is 1. The Bertz CT molecular complexity index is 2940. The largest absolute Gasteiger partial charge is 1.00 e. The van der Waals surface area contributed by atoms with E-state index in [9.17, 15) is 73.8 Å². The molecule has 0 fully saturated rings. The van der Waals surface area contributed by atoms with E-state index in [1.54, 1.807) is 0 Å². The molecule has 0 heterocycles. The van der Waals surface area contributed by atoms with Crippen molar-refractivity contribution in [2.45, 2.75) is 14.7 Å². The Morgan fingerprint density at radius 3 is 1.33 bits per heavy atom. The van der Waals surface area contributed by atoms with Gasteiger partial charge in [-0.1, -0.05) is 0 Å². The van der Waals surface area contributed by atoms with Crippen molar-refractivity contribution in [2.75, 3.05) is 35.9 Å². The van der Waals surface area contributed by atoms with Crippen molar-refractivity contribution < 1.29 is 200 Å². The molecule has 0 bridgehead atoms. The summed E-state index contributed by atoms with van der Waals surface area (Å²) in [5, 5.41) is 28.0. The molecule has 0 spiro atoms. The summed E-state index contributed by atoms with van der Waals surface area (Å²) in [6, 6.07) is 11.2. The van der Waals surface area contributed by atoms with Crippen LogP contribution >= 0.6 is 0 Å². The Hall–Kier alpha value is -0.600. The van der Waals surface area contributed by atoms with Crippen LogP contribution in [0.5, 0.6) is 5.75 Å². The van der Waals surface area contributed by atoms with E-state index in [-0.39, 0.29) is 156 Å². The van der Waals surface area contributed by atoms with Gasteiger partial charge >= 0.3 is 118 Å². The summed E-state index contributed by atoms with van der Waals surface area (Å²) in [5.41, 5.74) is -1.91. The molecule has 34 heteroatoms. The molecule has 0 aliphatic carbocycles. The third-order valence-corrected chi connectivity index (χ3v) is 12.6. The van der Waals surface area contributed by atoms with E-state index in [1.807, 2.05) is 0 Å². The van der Waals surface area contributed by atoms with Crippen LogP contribution in [-0.4, -0.2) is 104 Å². The number of phenols is 1. The van der Waals surface area contributed by atoms with Gasteiger partial charge in [0.15, 0.2) is 25.4 Å². The number of fused-ring (bicyclic) bond motifs is 1. The number of aromatic hydroxyl groups is 1. The molecule has 4 rings (SSSR count). The third kappa shape index (κ3) is 18.7. The quantitative estimate of drug-likeness (QED) is 0.0404. The topological polar surface area (TPSA) is 397 Å². The molecule has 2 N–H and O–H groups in total. The number of anilines is 1. The van der Waals surface area contributed by atoms with Crippen molar-refractivity contribution in [1.82, 2.24) is 0 Å². The fourth-order valence-corrected chi connectivity index (χ4v) is 8.42. The summed E-state index contributed by atoms with van der Waals surface area (Å²) in [6.45, 7) is -1.94. The van der Waals surface area contributed by atoms with E-state index in [4.69, 9.17) is 0 Å². The van der Waals surface area contributed by atoms with Gasteiger partial charge in [0.25, 0.3) is 0 Å². The minimum atomic E-state index is -5.54. The van der Waals surface area contributed by atoms with Crippen LogP contribution in [-0.2, 0) is 69.1 Å². The molecule has 4 aromatic carbocycles. The number of rotatable bonds is 18. The second-order valence-corrected chi connectivity index (χ2v) is 20.0. The van der Waals surface area contributed by atoms with Crippen LogP contribution < -0.4 is 124 Å². The van der Waals surface area contributed by atoms with E-state index in [1.165, 1.54) is 0 Å². The molecule has 24 nitrogen and oxygen atoms in total. The maximum Gasteiger partial charge on any atom is 1.00 e. The predicted molar refractivity (Wildman–Crippen MR) is 188 cm³/mol. The first-order valence-electron chi connectivity index (χ1n) is 14.8. The number of hydrogen-bond acceptors (Lipinski definition) is 24. The molecular formula is C27H23N5Na4O19S6. The Morgan fingerprint density at radius 2 is 0.951 bits per heavy atom. The van der Waals surface area contributed by atoms with Gasteiger partial charge in [-0.05, 0) is 66.7 Å². The Morgan fingerprint density at radius 1 is 0.541 bits per heavy atom. The van der Waals surface area contributed by atoms with E-state index >= 15 is 0 Å². The number of hydrogen-bond donors (Lipinski definition) is 2. The Balaban J connectivity index is 0.00000900. The fourth-order valence-electron chi connectivity index (χ4n) is 4.49. The maximum absolute atomic E-state index is 12.5. The zero-order valence-corrected chi connectivity index (χ0v) is 44.8. The average Bonchev–Trinajstić information content (AvgIpc) is 3.07. The zero-order valence-electron chi connectivity index (χ0n) is 31.9. The maximum atomic E-state index is 12.5. The molecule has 0 atom stereocenters. The Kier molecular flexibility index (Phi) is 24.0. The van der Waals surface area contributed by atoms with E-state index < -0.39 is 113 Å². The first-order valence-corrected chi connectivity index (χ1v) is 23.8. The van der Waals surface area contributed by atoms with E-state index in [2.05, 4.69) is 34.1 Å². The first-order chi connectivity index (χ1) is 26.2. The van der Waals surface area contributed by atoms with Gasteiger partial charge in [-0.15, -0.1) is 10.2 Å². The number of sulfone groups is 2. The minimum absolute atomic E-state index is 0. The molecule has 61 heavy (non-hydrogen) atoms. The van der Waals surface area contributed by atoms with Gasteiger partial charge < -0.3 is 28.6 Å². The monoisotopic (exact) mass is 1000 g/mol. The second kappa shape index (κ2) is 24.3. The second-order valence-electron chi connectivity index (χ2n) is 10.9. The van der Waals surface area contributed by atoms with Gasteiger partial charge in [0.1, 0.15) is 37.5 Å². The predicted octanol–water partition coefficient (Wildman–Crippen LogP) is -10.3. The van der Waals surface area contributed by atoms with Gasteiger partial charge in [-0.25, -0.2) is 50.5 Å². The minimum Gasteiger partial charge on any atom is -0.747 e. The van der Waals surface area contributed by atoms with Crippen molar-refractivity contribution in [3.8, 4) is 5.75 Å². The number of benzene rings is 4. The van der Waals surface area contributed by atoms with Crippen molar-refractivity contribution >= 4 is 99.9 Å². The van der Waals surface area contributed by atoms with Crippen molar-refractivity contribution in [1.29, 1.82) is 0 Å². The molecule has 4 aromatic rings. The van der Waals surface area contributed by atoms with Crippen molar-refractivity contribution in [3.63, 3.8) is 0 Å². The summed E-state index contributed by atoms with van der Waals surface area (Å²) in [6.07, 6.45) is 0. The van der Waals surface area contributed by atoms with Crippen LogP contribution in [0.4, 0.5) is 28.4 Å². The van der Waals surface area contributed by atoms with Gasteiger partial charge in [0, 0.05) is 10.8 Å². The van der Waals surface area contributed by atoms with Crippen LogP contribution in [0.2, 0.25) is 0 Å². The first kappa shape index (κ1) is 60.4. The molecule has 0 amide bonds. The molecule has 310 valence electrons. The van der Waals surface area contributed by atoms with Gasteiger partial charge in [-0.2, -0.15) is 10.2 Å². The standard InChI is InChI=1S/C27H27N5O19S6.4Na/c33-27-21-9-10-23(28-16-54(38,39)40)25(31-29-17-1-5-19(6-2-17)52(34,35)13-11-50-56(44,45)46)22(21)15-24(55(41,42)43)26(27)32-30-18-3-7-20(8-4-18)53(36,37)14-12-51-57(47,48)49;;;;/h1-10,15,28,33H,11-14,16H2,(H,38,39,40)(H,41,42,43)(H,44,45,46)(H,47,48,49);;;;/q;4*+1/p-4. The van der Waals surface area contributed by atoms with Crippen LogP contribution in [0.3, 0.4) is 0 Å². The SMILES string of the molecule is O=S(=O)([O-])CNc1ccc2c(O)c(N=Nc3ccc(S(=O)(=O)CCOS(=O)(=O)[O-])cc3)c(S(=O)(=O)[O-])cc2c1N=Nc1ccc(S(=O)(=O)CCOS(=O)(=O)[O-])cc1.[Na+].[Na+].[Na+].[Na+]. The number of phenolic OH excluding ortho intramolecular Hbond substituents is 1. The number of azo groups is 2.